The average molecular weight is 433 g/mol. The van der Waals surface area contributed by atoms with Crippen LogP contribution < -0.4 is 5.14 Å². The van der Waals surface area contributed by atoms with Gasteiger partial charge < -0.3 is 14.2 Å². The summed E-state index contributed by atoms with van der Waals surface area (Å²) in [6.45, 7) is 3.89. The molecule has 0 saturated heterocycles. The summed E-state index contributed by atoms with van der Waals surface area (Å²) in [5.41, 5.74) is 2.66. The Balaban J connectivity index is 2.08. The number of aromatic nitrogens is 1. The predicted molar refractivity (Wildman–Crippen MR) is 109 cm³/mol. The number of nitrogens with two attached hydrogens (primary N) is 1. The molecule has 160 valence electrons. The molecule has 2 N–H and O–H groups in total. The Morgan fingerprint density at radius 3 is 2.43 bits per heavy atom. The molecule has 2 rings (SSSR count). The molecule has 9 nitrogen and oxygen atoms in total. The van der Waals surface area contributed by atoms with Gasteiger partial charge in [0, 0.05) is 31.5 Å². The van der Waals surface area contributed by atoms with Crippen LogP contribution in [-0.4, -0.2) is 50.0 Å². The van der Waals surface area contributed by atoms with Crippen LogP contribution in [0.2, 0.25) is 0 Å². The van der Waals surface area contributed by atoms with Crippen molar-refractivity contribution < 1.29 is 22.7 Å². The zero-order valence-corrected chi connectivity index (χ0v) is 17.9. The molecule has 0 aliphatic heterocycles. The lowest BCUT2D eigenvalue weighted by Crippen LogP contribution is -2.32. The van der Waals surface area contributed by atoms with Crippen LogP contribution >= 0.6 is 0 Å². The molecular formula is C20H24N4O5S. The van der Waals surface area contributed by atoms with Crippen molar-refractivity contribution in [1.29, 1.82) is 5.26 Å². The number of hydrogen-bond acceptors (Lipinski definition) is 6. The molecule has 1 aromatic carbocycles. The number of nitriles is 1. The number of sulfonamides is 1. The molecule has 0 spiro atoms. The highest BCUT2D eigenvalue weighted by Gasteiger charge is 2.19. The fourth-order valence-electron chi connectivity index (χ4n) is 2.88. The van der Waals surface area contributed by atoms with Gasteiger partial charge in [0.05, 0.1) is 22.9 Å². The van der Waals surface area contributed by atoms with Crippen molar-refractivity contribution in [2.75, 3.05) is 20.2 Å². The Bertz CT molecular complexity index is 1080. The third-order valence-corrected chi connectivity index (χ3v) is 5.63. The number of likely N-dealkylation sites (N-methyl/N-ethyl adjacent to an activating group) is 1. The zero-order valence-electron chi connectivity index (χ0n) is 17.1. The van der Waals surface area contributed by atoms with E-state index >= 15 is 0 Å². The molecule has 0 saturated carbocycles. The van der Waals surface area contributed by atoms with Crippen LogP contribution in [0.4, 0.5) is 0 Å². The second-order valence-corrected chi connectivity index (χ2v) is 8.42. The standard InChI is InChI=1S/C20H24N4O5S/c1-14-11-18(20(26)29-13-19(25)23(3)10-4-9-21)15(2)24(14)12-16-5-7-17(8-6-16)30(22,27)28/h5-8,11H,4,10,12-13H2,1-3H3,(H2,22,27,28). The molecule has 0 bridgehead atoms. The molecule has 1 amide bonds. The molecule has 1 heterocycles. The predicted octanol–water partition coefficient (Wildman–Crippen LogP) is 1.33. The van der Waals surface area contributed by atoms with Crippen molar-refractivity contribution in [2.45, 2.75) is 31.7 Å². The van der Waals surface area contributed by atoms with E-state index in [1.165, 1.54) is 17.0 Å². The minimum absolute atomic E-state index is 0.0286. The van der Waals surface area contributed by atoms with Crippen molar-refractivity contribution >= 4 is 21.9 Å². The Hall–Kier alpha value is -3.16. The topological polar surface area (TPSA) is 135 Å². The Labute approximate surface area is 175 Å². The van der Waals surface area contributed by atoms with E-state index in [0.717, 1.165) is 11.3 Å². The van der Waals surface area contributed by atoms with Gasteiger partial charge in [-0.3, -0.25) is 4.79 Å². The Morgan fingerprint density at radius 2 is 1.87 bits per heavy atom. The van der Waals surface area contributed by atoms with Crippen molar-refractivity contribution in [1.82, 2.24) is 9.47 Å². The molecule has 0 atom stereocenters. The van der Waals surface area contributed by atoms with Crippen molar-refractivity contribution in [3.05, 3.63) is 52.8 Å². The van der Waals surface area contributed by atoms with Gasteiger partial charge in [-0.25, -0.2) is 18.4 Å². The largest absolute Gasteiger partial charge is 0.452 e. The van der Waals surface area contributed by atoms with E-state index in [1.807, 2.05) is 17.6 Å². The van der Waals surface area contributed by atoms with Gasteiger partial charge in [0.1, 0.15) is 0 Å². The smallest absolute Gasteiger partial charge is 0.340 e. The molecule has 10 heteroatoms. The van der Waals surface area contributed by atoms with Crippen molar-refractivity contribution in [3.8, 4) is 6.07 Å². The number of esters is 1. The van der Waals surface area contributed by atoms with Gasteiger partial charge in [0.2, 0.25) is 10.0 Å². The third-order valence-electron chi connectivity index (χ3n) is 4.70. The van der Waals surface area contributed by atoms with Gasteiger partial charge in [0.15, 0.2) is 6.61 Å². The highest BCUT2D eigenvalue weighted by atomic mass is 32.2. The second-order valence-electron chi connectivity index (χ2n) is 6.86. The third kappa shape index (κ3) is 5.68. The van der Waals surface area contributed by atoms with E-state index in [9.17, 15) is 18.0 Å². The molecule has 0 aliphatic carbocycles. The fraction of sp³-hybridized carbons (Fsp3) is 0.350. The van der Waals surface area contributed by atoms with Crippen molar-refractivity contribution in [3.63, 3.8) is 0 Å². The molecule has 1 aromatic heterocycles. The number of nitrogens with zero attached hydrogens (tertiary/aromatic N) is 3. The summed E-state index contributed by atoms with van der Waals surface area (Å²) in [7, 11) is -2.21. The van der Waals surface area contributed by atoms with Gasteiger partial charge in [-0.2, -0.15) is 5.26 Å². The van der Waals surface area contributed by atoms with Crippen LogP contribution in [0.5, 0.6) is 0 Å². The second kappa shape index (κ2) is 9.56. The highest BCUT2D eigenvalue weighted by molar-refractivity contribution is 7.89. The van der Waals surface area contributed by atoms with Gasteiger partial charge in [0.25, 0.3) is 5.91 Å². The van der Waals surface area contributed by atoms with E-state index in [1.54, 1.807) is 32.2 Å². The molecule has 0 radical (unpaired) electrons. The number of primary sulfonamides is 1. The number of carbonyl (C=O) groups excluding carboxylic acids is 2. The summed E-state index contributed by atoms with van der Waals surface area (Å²) >= 11 is 0. The monoisotopic (exact) mass is 432 g/mol. The van der Waals surface area contributed by atoms with Gasteiger partial charge >= 0.3 is 5.97 Å². The van der Waals surface area contributed by atoms with Crippen LogP contribution in [0.25, 0.3) is 0 Å². The first-order valence-electron chi connectivity index (χ1n) is 9.11. The quantitative estimate of drug-likeness (QED) is 0.625. The summed E-state index contributed by atoms with van der Waals surface area (Å²) in [5, 5.41) is 13.7. The van der Waals surface area contributed by atoms with Crippen LogP contribution in [0.1, 0.15) is 33.7 Å². The van der Waals surface area contributed by atoms with Crippen LogP contribution in [0.15, 0.2) is 35.2 Å². The van der Waals surface area contributed by atoms with Crippen molar-refractivity contribution in [2.24, 2.45) is 5.14 Å². The average Bonchev–Trinajstić information content (AvgIpc) is 2.98. The van der Waals surface area contributed by atoms with E-state index in [-0.39, 0.29) is 23.8 Å². The van der Waals surface area contributed by atoms with E-state index in [4.69, 9.17) is 15.1 Å². The summed E-state index contributed by atoms with van der Waals surface area (Å²) in [6.07, 6.45) is 0.204. The van der Waals surface area contributed by atoms with Gasteiger partial charge in [-0.1, -0.05) is 12.1 Å². The summed E-state index contributed by atoms with van der Waals surface area (Å²) < 4.78 is 29.8. The summed E-state index contributed by atoms with van der Waals surface area (Å²) in [5.74, 6) is -0.997. The fourth-order valence-corrected chi connectivity index (χ4v) is 3.39. The minimum atomic E-state index is -3.76. The Kier molecular flexibility index (Phi) is 7.37. The Morgan fingerprint density at radius 1 is 1.23 bits per heavy atom. The SMILES string of the molecule is Cc1cc(C(=O)OCC(=O)N(C)CCC#N)c(C)n1Cc1ccc(S(N)(=O)=O)cc1. The number of ether oxygens (including phenoxy) is 1. The first-order valence-corrected chi connectivity index (χ1v) is 10.7. The first kappa shape index (κ1) is 23.1. The zero-order chi connectivity index (χ0) is 22.5. The molecule has 0 unspecified atom stereocenters. The molecule has 0 fully saturated rings. The number of hydrogen-bond donors (Lipinski definition) is 1. The normalized spacial score (nSPS) is 11.0. The maximum absolute atomic E-state index is 12.4. The van der Waals surface area contributed by atoms with Crippen LogP contribution in [-0.2, 0) is 26.1 Å². The maximum Gasteiger partial charge on any atom is 0.340 e. The number of benzene rings is 1. The number of rotatable bonds is 8. The lowest BCUT2D eigenvalue weighted by Gasteiger charge is -2.15. The summed E-state index contributed by atoms with van der Waals surface area (Å²) in [4.78, 5) is 25.8. The van der Waals surface area contributed by atoms with Crippen LogP contribution in [0.3, 0.4) is 0 Å². The van der Waals surface area contributed by atoms with Gasteiger partial charge in [-0.15, -0.1) is 0 Å². The molecule has 30 heavy (non-hydrogen) atoms. The van der Waals surface area contributed by atoms with Gasteiger partial charge in [-0.05, 0) is 37.6 Å². The first-order chi connectivity index (χ1) is 14.0. The van der Waals surface area contributed by atoms with E-state index < -0.39 is 22.6 Å². The molecule has 0 aliphatic rings. The molecular weight excluding hydrogens is 408 g/mol. The number of carbonyl (C=O) groups is 2. The number of aryl methyl sites for hydroxylation is 1. The van der Waals surface area contributed by atoms with E-state index in [0.29, 0.717) is 17.8 Å². The van der Waals surface area contributed by atoms with E-state index in [2.05, 4.69) is 0 Å². The lowest BCUT2D eigenvalue weighted by molar-refractivity contribution is -0.133. The lowest BCUT2D eigenvalue weighted by atomic mass is 10.2. The van der Waals surface area contributed by atoms with Crippen LogP contribution in [0, 0.1) is 25.2 Å². The number of amides is 1. The molecule has 2 aromatic rings. The highest BCUT2D eigenvalue weighted by Crippen LogP contribution is 2.19. The maximum atomic E-state index is 12.4. The minimum Gasteiger partial charge on any atom is -0.452 e. The summed E-state index contributed by atoms with van der Waals surface area (Å²) in [6, 6.07) is 9.82.